The Balaban J connectivity index is 1.45. The predicted molar refractivity (Wildman–Crippen MR) is 86.7 cm³/mol. The lowest BCUT2D eigenvalue weighted by atomic mass is 10.1. The Morgan fingerprint density at radius 1 is 1.00 bits per heavy atom. The number of carbonyl (C=O) groups is 3. The van der Waals surface area contributed by atoms with Crippen LogP contribution in [0.15, 0.2) is 42.6 Å². The molecule has 1 aromatic carbocycles. The molecule has 0 radical (unpaired) electrons. The fraction of sp³-hybridized carbons (Fsp3) is 0.278. The van der Waals surface area contributed by atoms with Crippen molar-refractivity contribution in [1.82, 2.24) is 9.47 Å². The molecule has 2 heterocycles. The quantitative estimate of drug-likeness (QED) is 0.464. The highest BCUT2D eigenvalue weighted by atomic mass is 16.5. The van der Waals surface area contributed by atoms with Gasteiger partial charge in [-0.2, -0.15) is 0 Å². The van der Waals surface area contributed by atoms with Crippen LogP contribution in [-0.2, 0) is 11.8 Å². The van der Waals surface area contributed by atoms with Crippen LogP contribution < -0.4 is 0 Å². The second kappa shape index (κ2) is 6.70. The number of benzene rings is 1. The van der Waals surface area contributed by atoms with Crippen LogP contribution in [0.5, 0.6) is 0 Å². The minimum Gasteiger partial charge on any atom is -0.461 e. The molecule has 1 aliphatic rings. The Kier molecular flexibility index (Phi) is 4.46. The van der Waals surface area contributed by atoms with Gasteiger partial charge in [0.25, 0.3) is 11.8 Å². The predicted octanol–water partition coefficient (Wildman–Crippen LogP) is 2.26. The zero-order chi connectivity index (χ0) is 17.1. The second-order valence-electron chi connectivity index (χ2n) is 5.65. The molecular formula is C18H18N2O4. The molecule has 6 heteroatoms. The number of esters is 1. The van der Waals surface area contributed by atoms with Crippen molar-refractivity contribution in [3.63, 3.8) is 0 Å². The van der Waals surface area contributed by atoms with Crippen molar-refractivity contribution < 1.29 is 19.1 Å². The van der Waals surface area contributed by atoms with E-state index in [1.807, 2.05) is 0 Å². The van der Waals surface area contributed by atoms with Gasteiger partial charge in [0.1, 0.15) is 5.69 Å². The molecule has 124 valence electrons. The van der Waals surface area contributed by atoms with Crippen molar-refractivity contribution in [2.45, 2.75) is 12.8 Å². The lowest BCUT2D eigenvalue weighted by Gasteiger charge is -2.13. The maximum atomic E-state index is 12.2. The Morgan fingerprint density at radius 3 is 2.25 bits per heavy atom. The van der Waals surface area contributed by atoms with Gasteiger partial charge in [-0.05, 0) is 37.1 Å². The van der Waals surface area contributed by atoms with E-state index in [0.717, 1.165) is 0 Å². The van der Waals surface area contributed by atoms with Gasteiger partial charge in [-0.25, -0.2) is 4.79 Å². The topological polar surface area (TPSA) is 68.6 Å². The number of amides is 2. The van der Waals surface area contributed by atoms with E-state index in [-0.39, 0.29) is 24.4 Å². The molecular weight excluding hydrogens is 308 g/mol. The number of fused-ring (bicyclic) bond motifs is 1. The van der Waals surface area contributed by atoms with Gasteiger partial charge in [-0.15, -0.1) is 0 Å². The van der Waals surface area contributed by atoms with E-state index in [9.17, 15) is 14.4 Å². The van der Waals surface area contributed by atoms with Gasteiger partial charge in [-0.1, -0.05) is 12.1 Å². The second-order valence-corrected chi connectivity index (χ2v) is 5.65. The summed E-state index contributed by atoms with van der Waals surface area (Å²) in [7, 11) is 1.78. The fourth-order valence-electron chi connectivity index (χ4n) is 2.73. The van der Waals surface area contributed by atoms with Gasteiger partial charge in [0.15, 0.2) is 0 Å². The summed E-state index contributed by atoms with van der Waals surface area (Å²) < 4.78 is 6.89. The van der Waals surface area contributed by atoms with Crippen LogP contribution in [0.3, 0.4) is 0 Å². The number of hydrogen-bond donors (Lipinski definition) is 0. The minimum atomic E-state index is -0.372. The third-order valence-corrected chi connectivity index (χ3v) is 4.04. The Labute approximate surface area is 139 Å². The summed E-state index contributed by atoms with van der Waals surface area (Å²) in [6.07, 6.45) is 2.95. The monoisotopic (exact) mass is 326 g/mol. The van der Waals surface area contributed by atoms with Crippen molar-refractivity contribution in [3.05, 3.63) is 59.4 Å². The van der Waals surface area contributed by atoms with Crippen LogP contribution in [-0.4, -0.2) is 40.4 Å². The first-order chi connectivity index (χ1) is 11.6. The summed E-state index contributed by atoms with van der Waals surface area (Å²) in [5, 5.41) is 0. The normalized spacial score (nSPS) is 13.3. The van der Waals surface area contributed by atoms with Crippen molar-refractivity contribution in [2.75, 3.05) is 13.2 Å². The van der Waals surface area contributed by atoms with Gasteiger partial charge >= 0.3 is 5.97 Å². The van der Waals surface area contributed by atoms with Crippen molar-refractivity contribution >= 4 is 17.8 Å². The highest BCUT2D eigenvalue weighted by molar-refractivity contribution is 6.21. The summed E-state index contributed by atoms with van der Waals surface area (Å²) in [4.78, 5) is 37.5. The molecule has 0 spiro atoms. The average molecular weight is 326 g/mol. The summed E-state index contributed by atoms with van der Waals surface area (Å²) in [6, 6.07) is 10.3. The molecule has 1 aliphatic heterocycles. The lowest BCUT2D eigenvalue weighted by Crippen LogP contribution is -2.30. The number of nitrogens with zero attached hydrogens (tertiary/aromatic N) is 2. The van der Waals surface area contributed by atoms with Crippen LogP contribution >= 0.6 is 0 Å². The maximum Gasteiger partial charge on any atom is 0.354 e. The number of carbonyl (C=O) groups excluding carboxylic acids is 3. The zero-order valence-electron chi connectivity index (χ0n) is 13.4. The van der Waals surface area contributed by atoms with Crippen LogP contribution in [0.4, 0.5) is 0 Å². The molecule has 2 aromatic rings. The van der Waals surface area contributed by atoms with Crippen molar-refractivity contribution in [2.24, 2.45) is 7.05 Å². The average Bonchev–Trinajstić information content (AvgIpc) is 3.11. The van der Waals surface area contributed by atoms with Crippen LogP contribution in [0.25, 0.3) is 0 Å². The molecule has 0 N–H and O–H groups in total. The molecule has 3 rings (SSSR count). The first-order valence-electron chi connectivity index (χ1n) is 7.83. The minimum absolute atomic E-state index is 0.253. The van der Waals surface area contributed by atoms with Gasteiger partial charge in [0.2, 0.25) is 0 Å². The third kappa shape index (κ3) is 2.95. The molecule has 2 amide bonds. The molecule has 0 saturated carbocycles. The van der Waals surface area contributed by atoms with E-state index < -0.39 is 0 Å². The Morgan fingerprint density at radius 2 is 1.67 bits per heavy atom. The van der Waals surface area contributed by atoms with Gasteiger partial charge in [0.05, 0.1) is 17.7 Å². The van der Waals surface area contributed by atoms with E-state index >= 15 is 0 Å². The number of ether oxygens (including phenoxy) is 1. The molecule has 0 saturated heterocycles. The first-order valence-corrected chi connectivity index (χ1v) is 7.83. The van der Waals surface area contributed by atoms with Crippen LogP contribution in [0, 0.1) is 0 Å². The summed E-state index contributed by atoms with van der Waals surface area (Å²) in [6.45, 7) is 0.585. The van der Waals surface area contributed by atoms with E-state index in [2.05, 4.69) is 0 Å². The highest BCUT2D eigenvalue weighted by Gasteiger charge is 2.34. The number of aryl methyl sites for hydroxylation is 1. The van der Waals surface area contributed by atoms with E-state index in [1.54, 1.807) is 54.2 Å². The van der Waals surface area contributed by atoms with Crippen LogP contribution in [0.1, 0.15) is 44.0 Å². The largest absolute Gasteiger partial charge is 0.461 e. The lowest BCUT2D eigenvalue weighted by molar-refractivity contribution is 0.0475. The number of rotatable bonds is 6. The van der Waals surface area contributed by atoms with Crippen molar-refractivity contribution in [1.29, 1.82) is 0 Å². The van der Waals surface area contributed by atoms with Crippen molar-refractivity contribution in [3.8, 4) is 0 Å². The smallest absolute Gasteiger partial charge is 0.354 e. The molecule has 0 bridgehead atoms. The Hall–Kier alpha value is -2.89. The standard InChI is InChI=1S/C18H18N2O4/c1-19-10-6-9-15(19)18(23)24-12-5-4-11-20-16(21)13-7-2-3-8-14(13)17(20)22/h2-3,6-10H,4-5,11-12H2,1H3. The Bertz CT molecular complexity index is 759. The number of hydrogen-bond acceptors (Lipinski definition) is 4. The third-order valence-electron chi connectivity index (χ3n) is 4.04. The molecule has 0 fully saturated rings. The first kappa shape index (κ1) is 16.0. The zero-order valence-corrected chi connectivity index (χ0v) is 13.4. The number of aromatic nitrogens is 1. The van der Waals surface area contributed by atoms with E-state index in [1.165, 1.54) is 4.90 Å². The van der Waals surface area contributed by atoms with E-state index in [0.29, 0.717) is 36.2 Å². The highest BCUT2D eigenvalue weighted by Crippen LogP contribution is 2.22. The fourth-order valence-corrected chi connectivity index (χ4v) is 2.73. The summed E-state index contributed by atoms with van der Waals surface area (Å²) >= 11 is 0. The SMILES string of the molecule is Cn1cccc1C(=O)OCCCCN1C(=O)c2ccccc2C1=O. The molecule has 6 nitrogen and oxygen atoms in total. The molecule has 0 aliphatic carbocycles. The number of unbranched alkanes of at least 4 members (excludes halogenated alkanes) is 1. The summed E-state index contributed by atoms with van der Waals surface area (Å²) in [5.41, 5.74) is 1.41. The van der Waals surface area contributed by atoms with Gasteiger partial charge in [0, 0.05) is 19.8 Å². The summed E-state index contributed by atoms with van der Waals surface area (Å²) in [5.74, 6) is -0.879. The molecule has 1 aromatic heterocycles. The van der Waals surface area contributed by atoms with E-state index in [4.69, 9.17) is 4.74 Å². The molecule has 0 atom stereocenters. The van der Waals surface area contributed by atoms with Gasteiger partial charge in [-0.3, -0.25) is 14.5 Å². The van der Waals surface area contributed by atoms with Crippen LogP contribution in [0.2, 0.25) is 0 Å². The maximum absolute atomic E-state index is 12.2. The number of imide groups is 1. The molecule has 0 unspecified atom stereocenters. The molecule has 24 heavy (non-hydrogen) atoms. The van der Waals surface area contributed by atoms with Gasteiger partial charge < -0.3 is 9.30 Å².